The Bertz CT molecular complexity index is 547. The second-order valence-electron chi connectivity index (χ2n) is 5.22. The summed E-state index contributed by atoms with van der Waals surface area (Å²) in [5.74, 6) is 1.79. The van der Waals surface area contributed by atoms with Crippen LogP contribution in [0.15, 0.2) is 30.5 Å². The maximum atomic E-state index is 5.63. The highest BCUT2D eigenvalue weighted by atomic mass is 15.2. The molecule has 0 spiro atoms. The molecule has 19 heavy (non-hydrogen) atoms. The Morgan fingerprint density at radius 3 is 2.63 bits per heavy atom. The summed E-state index contributed by atoms with van der Waals surface area (Å²) in [7, 11) is 0. The van der Waals surface area contributed by atoms with Gasteiger partial charge in [0.2, 0.25) is 0 Å². The summed E-state index contributed by atoms with van der Waals surface area (Å²) in [6, 6.07) is 8.02. The van der Waals surface area contributed by atoms with Gasteiger partial charge in [-0.05, 0) is 43.9 Å². The normalized spacial score (nSPS) is 17.0. The Morgan fingerprint density at radius 1 is 1.16 bits per heavy atom. The molecule has 0 bridgehead atoms. The highest BCUT2D eigenvalue weighted by Gasteiger charge is 2.19. The molecule has 2 N–H and O–H groups in total. The lowest BCUT2D eigenvalue weighted by atomic mass is 9.94. The zero-order valence-electron chi connectivity index (χ0n) is 11.1. The summed E-state index contributed by atoms with van der Waals surface area (Å²) >= 11 is 0. The fourth-order valence-electron chi connectivity index (χ4n) is 2.79. The van der Waals surface area contributed by atoms with Crippen LogP contribution in [0.25, 0.3) is 11.0 Å². The van der Waals surface area contributed by atoms with Gasteiger partial charge >= 0.3 is 0 Å². The van der Waals surface area contributed by atoms with Crippen molar-refractivity contribution in [1.29, 1.82) is 0 Å². The first-order valence-electron chi connectivity index (χ1n) is 7.03. The zero-order valence-corrected chi connectivity index (χ0v) is 11.1. The summed E-state index contributed by atoms with van der Waals surface area (Å²) in [6.07, 6.45) is 5.47. The molecule has 1 fully saturated rings. The molecule has 1 saturated heterocycles. The predicted octanol–water partition coefficient (Wildman–Crippen LogP) is 2.20. The molecule has 100 valence electrons. The monoisotopic (exact) mass is 256 g/mol. The molecule has 1 aliphatic rings. The number of fused-ring (bicyclic) bond motifs is 1. The molecule has 1 aromatic carbocycles. The third-order valence-corrected chi connectivity index (χ3v) is 3.95. The Balaban J connectivity index is 1.74. The number of hydrogen-bond acceptors (Lipinski definition) is 4. The second kappa shape index (κ2) is 5.53. The average Bonchev–Trinajstić information content (AvgIpc) is 2.48. The smallest absolute Gasteiger partial charge is 0.147 e. The topological polar surface area (TPSA) is 55.0 Å². The van der Waals surface area contributed by atoms with Crippen molar-refractivity contribution >= 4 is 16.9 Å². The van der Waals surface area contributed by atoms with E-state index in [1.54, 1.807) is 0 Å². The fraction of sp³-hybridized carbons (Fsp3) is 0.467. The number of para-hydroxylation sites is 2. The van der Waals surface area contributed by atoms with E-state index in [2.05, 4.69) is 9.88 Å². The van der Waals surface area contributed by atoms with E-state index in [4.69, 9.17) is 10.7 Å². The third-order valence-electron chi connectivity index (χ3n) is 3.95. The Kier molecular flexibility index (Phi) is 3.60. The van der Waals surface area contributed by atoms with E-state index < -0.39 is 0 Å². The van der Waals surface area contributed by atoms with E-state index in [9.17, 15) is 0 Å². The molecule has 2 aromatic rings. The maximum Gasteiger partial charge on any atom is 0.147 e. The summed E-state index contributed by atoms with van der Waals surface area (Å²) in [5, 5.41) is 0. The molecule has 0 atom stereocenters. The minimum Gasteiger partial charge on any atom is -0.355 e. The lowest BCUT2D eigenvalue weighted by Gasteiger charge is -2.32. The molecule has 2 heterocycles. The molecule has 1 aliphatic heterocycles. The number of piperidine rings is 1. The van der Waals surface area contributed by atoms with Crippen LogP contribution >= 0.6 is 0 Å². The third kappa shape index (κ3) is 2.68. The molecule has 0 radical (unpaired) electrons. The van der Waals surface area contributed by atoms with Crippen LogP contribution in [-0.4, -0.2) is 29.6 Å². The summed E-state index contributed by atoms with van der Waals surface area (Å²) in [6.45, 7) is 2.94. The maximum absolute atomic E-state index is 5.63. The van der Waals surface area contributed by atoms with Crippen LogP contribution < -0.4 is 10.6 Å². The first kappa shape index (κ1) is 12.4. The Morgan fingerprint density at radius 2 is 1.89 bits per heavy atom. The van der Waals surface area contributed by atoms with E-state index in [-0.39, 0.29) is 0 Å². The molecule has 3 rings (SSSR count). The number of anilines is 1. The van der Waals surface area contributed by atoms with Gasteiger partial charge in [-0.15, -0.1) is 0 Å². The first-order chi connectivity index (χ1) is 9.36. The zero-order chi connectivity index (χ0) is 13.1. The number of nitrogens with zero attached hydrogens (tertiary/aromatic N) is 3. The van der Waals surface area contributed by atoms with Crippen molar-refractivity contribution in [2.75, 3.05) is 24.5 Å². The quantitative estimate of drug-likeness (QED) is 0.914. The minimum absolute atomic E-state index is 0.787. The summed E-state index contributed by atoms with van der Waals surface area (Å²) < 4.78 is 0. The first-order valence-corrected chi connectivity index (χ1v) is 7.03. The van der Waals surface area contributed by atoms with Crippen molar-refractivity contribution in [2.24, 2.45) is 11.7 Å². The van der Waals surface area contributed by atoms with Crippen LogP contribution in [0.4, 0.5) is 5.82 Å². The number of rotatable bonds is 3. The number of benzene rings is 1. The SMILES string of the molecule is NCCC1CCN(c2cnc3ccccc3n2)CC1. The average molecular weight is 256 g/mol. The molecular formula is C15H20N4. The molecule has 0 aliphatic carbocycles. The standard InChI is InChI=1S/C15H20N4/c16-8-5-12-6-9-19(10-7-12)15-11-17-13-3-1-2-4-14(13)18-15/h1-4,11-12H,5-10,16H2. The van der Waals surface area contributed by atoms with Crippen LogP contribution in [-0.2, 0) is 0 Å². The van der Waals surface area contributed by atoms with Gasteiger partial charge in [-0.25, -0.2) is 4.98 Å². The van der Waals surface area contributed by atoms with Crippen molar-refractivity contribution in [3.8, 4) is 0 Å². The highest BCUT2D eigenvalue weighted by molar-refractivity contribution is 5.75. The van der Waals surface area contributed by atoms with E-state index in [1.165, 1.54) is 12.8 Å². The van der Waals surface area contributed by atoms with Crippen LogP contribution in [0.3, 0.4) is 0 Å². The van der Waals surface area contributed by atoms with Crippen molar-refractivity contribution in [2.45, 2.75) is 19.3 Å². The minimum atomic E-state index is 0.787. The van der Waals surface area contributed by atoms with Crippen molar-refractivity contribution in [1.82, 2.24) is 9.97 Å². The Hall–Kier alpha value is -1.68. The van der Waals surface area contributed by atoms with E-state index >= 15 is 0 Å². The summed E-state index contributed by atoms with van der Waals surface area (Å²) in [5.41, 5.74) is 7.57. The number of hydrogen-bond donors (Lipinski definition) is 1. The van der Waals surface area contributed by atoms with Crippen LogP contribution in [0.2, 0.25) is 0 Å². The largest absolute Gasteiger partial charge is 0.355 e. The molecule has 0 amide bonds. The predicted molar refractivity (Wildman–Crippen MR) is 78.1 cm³/mol. The van der Waals surface area contributed by atoms with Gasteiger partial charge in [0, 0.05) is 13.1 Å². The lowest BCUT2D eigenvalue weighted by molar-refractivity contribution is 0.385. The fourth-order valence-corrected chi connectivity index (χ4v) is 2.79. The van der Waals surface area contributed by atoms with Crippen LogP contribution in [0.1, 0.15) is 19.3 Å². The van der Waals surface area contributed by atoms with Crippen LogP contribution in [0.5, 0.6) is 0 Å². The molecule has 0 unspecified atom stereocenters. The van der Waals surface area contributed by atoms with Crippen molar-refractivity contribution in [3.05, 3.63) is 30.5 Å². The molecule has 4 nitrogen and oxygen atoms in total. The van der Waals surface area contributed by atoms with E-state index in [0.717, 1.165) is 48.8 Å². The molecular weight excluding hydrogens is 236 g/mol. The molecule has 4 heteroatoms. The van der Waals surface area contributed by atoms with Gasteiger partial charge in [-0.3, -0.25) is 4.98 Å². The number of nitrogens with two attached hydrogens (primary N) is 1. The Labute approximate surface area is 113 Å². The van der Waals surface area contributed by atoms with Gasteiger partial charge < -0.3 is 10.6 Å². The van der Waals surface area contributed by atoms with Gasteiger partial charge in [0.25, 0.3) is 0 Å². The van der Waals surface area contributed by atoms with Crippen molar-refractivity contribution < 1.29 is 0 Å². The lowest BCUT2D eigenvalue weighted by Crippen LogP contribution is -2.34. The van der Waals surface area contributed by atoms with Gasteiger partial charge in [0.1, 0.15) is 5.82 Å². The van der Waals surface area contributed by atoms with Gasteiger partial charge in [0.15, 0.2) is 0 Å². The van der Waals surface area contributed by atoms with Gasteiger partial charge in [0.05, 0.1) is 17.2 Å². The molecule has 0 saturated carbocycles. The number of aromatic nitrogens is 2. The van der Waals surface area contributed by atoms with Crippen LogP contribution in [0, 0.1) is 5.92 Å². The van der Waals surface area contributed by atoms with Crippen molar-refractivity contribution in [3.63, 3.8) is 0 Å². The molecule has 1 aromatic heterocycles. The van der Waals surface area contributed by atoms with E-state index in [1.807, 2.05) is 30.5 Å². The van der Waals surface area contributed by atoms with Gasteiger partial charge in [-0.1, -0.05) is 12.1 Å². The summed E-state index contributed by atoms with van der Waals surface area (Å²) in [4.78, 5) is 11.5. The van der Waals surface area contributed by atoms with Gasteiger partial charge in [-0.2, -0.15) is 0 Å². The highest BCUT2D eigenvalue weighted by Crippen LogP contribution is 2.24. The second-order valence-corrected chi connectivity index (χ2v) is 5.22. The van der Waals surface area contributed by atoms with E-state index in [0.29, 0.717) is 0 Å².